The predicted octanol–water partition coefficient (Wildman–Crippen LogP) is 3.73. The standard InChI is InChI=1S/C12H24ClN/c1-3-5-9-12(8-4-2)14-11-7-6-10-13/h6-7,12,14H,3-5,8-11H2,1-2H3/b7-6+. The summed E-state index contributed by atoms with van der Waals surface area (Å²) in [7, 11) is 0. The smallest absolute Gasteiger partial charge is 0.0404 e. The van der Waals surface area contributed by atoms with Crippen molar-refractivity contribution in [2.24, 2.45) is 0 Å². The van der Waals surface area contributed by atoms with Crippen molar-refractivity contribution >= 4 is 11.6 Å². The number of alkyl halides is 1. The molecule has 1 N–H and O–H groups in total. The summed E-state index contributed by atoms with van der Waals surface area (Å²) in [5.41, 5.74) is 0. The van der Waals surface area contributed by atoms with E-state index in [0.29, 0.717) is 11.9 Å². The first kappa shape index (κ1) is 14.0. The lowest BCUT2D eigenvalue weighted by molar-refractivity contribution is 0.453. The van der Waals surface area contributed by atoms with Crippen molar-refractivity contribution in [2.45, 2.75) is 52.0 Å². The third-order valence-electron chi connectivity index (χ3n) is 2.32. The monoisotopic (exact) mass is 217 g/mol. The Kier molecular flexibility index (Phi) is 11.1. The minimum atomic E-state index is 0.620. The molecule has 84 valence electrons. The normalized spacial score (nSPS) is 13.6. The molecule has 14 heavy (non-hydrogen) atoms. The van der Waals surface area contributed by atoms with Crippen molar-refractivity contribution in [3.63, 3.8) is 0 Å². The van der Waals surface area contributed by atoms with E-state index in [4.69, 9.17) is 11.6 Å². The molecule has 0 spiro atoms. The van der Waals surface area contributed by atoms with Crippen LogP contribution in [0, 0.1) is 0 Å². The van der Waals surface area contributed by atoms with E-state index in [2.05, 4.69) is 25.2 Å². The summed E-state index contributed by atoms with van der Waals surface area (Å²) in [5, 5.41) is 3.54. The van der Waals surface area contributed by atoms with Crippen molar-refractivity contribution in [1.82, 2.24) is 5.32 Å². The first-order chi connectivity index (χ1) is 6.85. The summed E-state index contributed by atoms with van der Waals surface area (Å²) < 4.78 is 0. The molecule has 1 unspecified atom stereocenters. The molecule has 0 saturated heterocycles. The van der Waals surface area contributed by atoms with Crippen molar-refractivity contribution < 1.29 is 0 Å². The molecule has 0 aliphatic rings. The van der Waals surface area contributed by atoms with E-state index in [1.807, 2.05) is 6.08 Å². The lowest BCUT2D eigenvalue weighted by Crippen LogP contribution is -2.29. The van der Waals surface area contributed by atoms with Crippen LogP contribution in [0.25, 0.3) is 0 Å². The van der Waals surface area contributed by atoms with Gasteiger partial charge in [-0.2, -0.15) is 0 Å². The van der Waals surface area contributed by atoms with Gasteiger partial charge < -0.3 is 5.32 Å². The number of unbranched alkanes of at least 4 members (excludes halogenated alkanes) is 1. The lowest BCUT2D eigenvalue weighted by atomic mass is 10.1. The Morgan fingerprint density at radius 1 is 1.14 bits per heavy atom. The van der Waals surface area contributed by atoms with Gasteiger partial charge in [0.2, 0.25) is 0 Å². The predicted molar refractivity (Wildman–Crippen MR) is 66.1 cm³/mol. The number of nitrogens with one attached hydrogen (secondary N) is 1. The topological polar surface area (TPSA) is 12.0 Å². The second-order valence-corrected chi connectivity index (χ2v) is 3.97. The highest BCUT2D eigenvalue weighted by Crippen LogP contribution is 2.06. The molecular weight excluding hydrogens is 194 g/mol. The van der Waals surface area contributed by atoms with Gasteiger partial charge in [-0.15, -0.1) is 11.6 Å². The minimum absolute atomic E-state index is 0.620. The molecule has 0 aliphatic heterocycles. The van der Waals surface area contributed by atoms with Crippen LogP contribution in [0.3, 0.4) is 0 Å². The van der Waals surface area contributed by atoms with Crippen LogP contribution < -0.4 is 5.32 Å². The molecule has 0 bridgehead atoms. The van der Waals surface area contributed by atoms with Gasteiger partial charge in [-0.05, 0) is 12.8 Å². The molecule has 0 aromatic heterocycles. The second kappa shape index (κ2) is 11.1. The Balaban J connectivity index is 3.55. The van der Waals surface area contributed by atoms with Crippen LogP contribution in [-0.2, 0) is 0 Å². The second-order valence-electron chi connectivity index (χ2n) is 3.66. The van der Waals surface area contributed by atoms with E-state index in [-0.39, 0.29) is 0 Å². The largest absolute Gasteiger partial charge is 0.311 e. The molecule has 0 aliphatic carbocycles. The van der Waals surface area contributed by atoms with Gasteiger partial charge in [0.1, 0.15) is 0 Å². The van der Waals surface area contributed by atoms with Crippen molar-refractivity contribution in [3.05, 3.63) is 12.2 Å². The van der Waals surface area contributed by atoms with E-state index in [9.17, 15) is 0 Å². The van der Waals surface area contributed by atoms with Crippen LogP contribution in [0.2, 0.25) is 0 Å². The fourth-order valence-corrected chi connectivity index (χ4v) is 1.65. The van der Waals surface area contributed by atoms with Crippen LogP contribution in [0.15, 0.2) is 12.2 Å². The highest BCUT2D eigenvalue weighted by atomic mass is 35.5. The molecule has 0 fully saturated rings. The molecule has 0 saturated carbocycles. The minimum Gasteiger partial charge on any atom is -0.311 e. The van der Waals surface area contributed by atoms with E-state index in [1.54, 1.807) is 0 Å². The van der Waals surface area contributed by atoms with Crippen LogP contribution >= 0.6 is 11.6 Å². The van der Waals surface area contributed by atoms with E-state index in [0.717, 1.165) is 6.54 Å². The first-order valence-corrected chi connectivity index (χ1v) is 6.32. The zero-order valence-corrected chi connectivity index (χ0v) is 10.3. The molecule has 0 rings (SSSR count). The van der Waals surface area contributed by atoms with Gasteiger partial charge in [0.15, 0.2) is 0 Å². The Morgan fingerprint density at radius 2 is 1.93 bits per heavy atom. The molecule has 2 heteroatoms. The summed E-state index contributed by atoms with van der Waals surface area (Å²) >= 11 is 5.55. The summed E-state index contributed by atoms with van der Waals surface area (Å²) in [6.45, 7) is 5.45. The Labute approximate surface area is 93.9 Å². The Morgan fingerprint density at radius 3 is 2.50 bits per heavy atom. The summed E-state index contributed by atoms with van der Waals surface area (Å²) in [4.78, 5) is 0. The molecule has 0 heterocycles. The zero-order valence-electron chi connectivity index (χ0n) is 9.56. The van der Waals surface area contributed by atoms with Crippen molar-refractivity contribution in [2.75, 3.05) is 12.4 Å². The highest BCUT2D eigenvalue weighted by Gasteiger charge is 2.04. The summed E-state index contributed by atoms with van der Waals surface area (Å²) in [5.74, 6) is 0.620. The van der Waals surface area contributed by atoms with Gasteiger partial charge in [0.25, 0.3) is 0 Å². The van der Waals surface area contributed by atoms with Crippen molar-refractivity contribution in [3.8, 4) is 0 Å². The molecule has 1 nitrogen and oxygen atoms in total. The van der Waals surface area contributed by atoms with Gasteiger partial charge in [-0.3, -0.25) is 0 Å². The number of allylic oxidation sites excluding steroid dienone is 1. The third kappa shape index (κ3) is 8.58. The Bertz CT molecular complexity index is 134. The number of hydrogen-bond acceptors (Lipinski definition) is 1. The fraction of sp³-hybridized carbons (Fsp3) is 0.833. The molecular formula is C12H24ClN. The van der Waals surface area contributed by atoms with E-state index in [1.165, 1.54) is 32.1 Å². The molecule has 0 aromatic carbocycles. The third-order valence-corrected chi connectivity index (χ3v) is 2.50. The molecule has 0 aromatic rings. The summed E-state index contributed by atoms with van der Waals surface area (Å²) in [6, 6.07) is 0.694. The fourth-order valence-electron chi connectivity index (χ4n) is 1.53. The zero-order chi connectivity index (χ0) is 10.6. The molecule has 1 atom stereocenters. The first-order valence-electron chi connectivity index (χ1n) is 5.79. The van der Waals surface area contributed by atoms with Gasteiger partial charge in [-0.1, -0.05) is 45.3 Å². The van der Waals surface area contributed by atoms with Crippen molar-refractivity contribution in [1.29, 1.82) is 0 Å². The maximum Gasteiger partial charge on any atom is 0.0404 e. The Hall–Kier alpha value is -0.0100. The maximum atomic E-state index is 5.55. The van der Waals surface area contributed by atoms with Crippen LogP contribution in [0.1, 0.15) is 46.0 Å². The number of hydrogen-bond donors (Lipinski definition) is 1. The number of halogens is 1. The van der Waals surface area contributed by atoms with Gasteiger partial charge in [-0.25, -0.2) is 0 Å². The van der Waals surface area contributed by atoms with E-state index < -0.39 is 0 Å². The average molecular weight is 218 g/mol. The lowest BCUT2D eigenvalue weighted by Gasteiger charge is -2.16. The summed E-state index contributed by atoms with van der Waals surface area (Å²) in [6.07, 6.45) is 10.6. The SMILES string of the molecule is CCCCC(CCC)NC/C=C/CCl. The van der Waals surface area contributed by atoms with Crippen LogP contribution in [0.5, 0.6) is 0 Å². The average Bonchev–Trinajstić information content (AvgIpc) is 2.20. The van der Waals surface area contributed by atoms with Gasteiger partial charge in [0, 0.05) is 18.5 Å². The quantitative estimate of drug-likeness (QED) is 0.459. The number of rotatable bonds is 9. The van der Waals surface area contributed by atoms with Gasteiger partial charge >= 0.3 is 0 Å². The van der Waals surface area contributed by atoms with Crippen LogP contribution in [0.4, 0.5) is 0 Å². The van der Waals surface area contributed by atoms with E-state index >= 15 is 0 Å². The molecule has 0 amide bonds. The van der Waals surface area contributed by atoms with Gasteiger partial charge in [0.05, 0.1) is 0 Å². The van der Waals surface area contributed by atoms with Crippen LogP contribution in [-0.4, -0.2) is 18.5 Å². The molecule has 0 radical (unpaired) electrons. The maximum absolute atomic E-state index is 5.55. The highest BCUT2D eigenvalue weighted by molar-refractivity contribution is 6.18.